The first-order valence-corrected chi connectivity index (χ1v) is 11.0. The summed E-state index contributed by atoms with van der Waals surface area (Å²) in [5.74, 6) is 0. The molecule has 0 N–H and O–H groups in total. The summed E-state index contributed by atoms with van der Waals surface area (Å²) >= 11 is 0. The Bertz CT molecular complexity index is 268. The zero-order chi connectivity index (χ0) is 16.2. The molecule has 1 spiro atoms. The van der Waals surface area contributed by atoms with Crippen molar-refractivity contribution in [2.24, 2.45) is 5.41 Å². The van der Waals surface area contributed by atoms with Gasteiger partial charge in [0, 0.05) is 0 Å². The summed E-state index contributed by atoms with van der Waals surface area (Å²) < 4.78 is 0. The molecule has 2 aliphatic rings. The van der Waals surface area contributed by atoms with Crippen molar-refractivity contribution in [3.63, 3.8) is 0 Å². The summed E-state index contributed by atoms with van der Waals surface area (Å²) in [5, 5.41) is 0. The van der Waals surface area contributed by atoms with E-state index in [1.807, 2.05) is 0 Å². The van der Waals surface area contributed by atoms with E-state index in [-0.39, 0.29) is 0 Å². The van der Waals surface area contributed by atoms with Crippen molar-refractivity contribution in [3.05, 3.63) is 0 Å². The van der Waals surface area contributed by atoms with Gasteiger partial charge in [-0.25, -0.2) is 0 Å². The van der Waals surface area contributed by atoms with Gasteiger partial charge in [0.05, 0.1) is 0 Å². The lowest BCUT2D eigenvalue weighted by atomic mass is 9.70. The van der Waals surface area contributed by atoms with Crippen LogP contribution in [0.2, 0.25) is 0 Å². The quantitative estimate of drug-likeness (QED) is 0.466. The first kappa shape index (κ1) is 19.3. The van der Waals surface area contributed by atoms with E-state index in [1.54, 1.807) is 12.8 Å². The molecule has 1 aliphatic carbocycles. The molecule has 0 aromatic carbocycles. The van der Waals surface area contributed by atoms with E-state index in [2.05, 4.69) is 11.9 Å². The Labute approximate surface area is 146 Å². The van der Waals surface area contributed by atoms with Crippen molar-refractivity contribution in [2.45, 2.75) is 116 Å². The molecule has 0 amide bonds. The summed E-state index contributed by atoms with van der Waals surface area (Å²) in [6.07, 6.45) is 27.0. The van der Waals surface area contributed by atoms with Crippen LogP contribution in [0.25, 0.3) is 0 Å². The number of hydrogen-bond acceptors (Lipinski definition) is 1. The minimum atomic E-state index is 0.724. The fraction of sp³-hybridized carbons (Fsp3) is 1.00. The molecule has 0 radical (unpaired) electrons. The van der Waals surface area contributed by atoms with Gasteiger partial charge in [0.2, 0.25) is 0 Å². The second-order valence-corrected chi connectivity index (χ2v) is 8.75. The van der Waals surface area contributed by atoms with Gasteiger partial charge in [0.1, 0.15) is 0 Å². The standard InChI is InChI=1S/C22H43N/c1-23-20-14-9-12-18-22(19-13-15-21-23)16-10-7-5-3-2-4-6-8-11-17-22/h2-21H2,1H3. The second-order valence-electron chi connectivity index (χ2n) is 8.75. The summed E-state index contributed by atoms with van der Waals surface area (Å²) in [6.45, 7) is 2.66. The molecule has 0 aromatic heterocycles. The Kier molecular flexibility index (Phi) is 9.65. The molecule has 1 nitrogen and oxygen atoms in total. The van der Waals surface area contributed by atoms with E-state index < -0.39 is 0 Å². The molecule has 23 heavy (non-hydrogen) atoms. The fourth-order valence-corrected chi connectivity index (χ4v) is 5.04. The molecule has 0 aromatic rings. The summed E-state index contributed by atoms with van der Waals surface area (Å²) in [4.78, 5) is 2.57. The zero-order valence-corrected chi connectivity index (χ0v) is 16.1. The summed E-state index contributed by atoms with van der Waals surface area (Å²) in [7, 11) is 2.32. The van der Waals surface area contributed by atoms with Crippen LogP contribution in [0, 0.1) is 5.41 Å². The molecular formula is C22H43N. The van der Waals surface area contributed by atoms with Crippen LogP contribution in [-0.4, -0.2) is 25.0 Å². The smallest absolute Gasteiger partial charge is 0.00218 e. The van der Waals surface area contributed by atoms with E-state index in [0.29, 0.717) is 0 Å². The fourth-order valence-electron chi connectivity index (χ4n) is 5.04. The van der Waals surface area contributed by atoms with Crippen LogP contribution < -0.4 is 0 Å². The lowest BCUT2D eigenvalue weighted by molar-refractivity contribution is 0.172. The van der Waals surface area contributed by atoms with Crippen LogP contribution in [0.4, 0.5) is 0 Å². The van der Waals surface area contributed by atoms with Crippen LogP contribution in [0.1, 0.15) is 116 Å². The van der Waals surface area contributed by atoms with Crippen molar-refractivity contribution in [3.8, 4) is 0 Å². The Morgan fingerprint density at radius 3 is 1.22 bits per heavy atom. The number of nitrogens with zero attached hydrogens (tertiary/aromatic N) is 1. The van der Waals surface area contributed by atoms with Crippen molar-refractivity contribution in [2.75, 3.05) is 20.1 Å². The van der Waals surface area contributed by atoms with Gasteiger partial charge >= 0.3 is 0 Å². The molecule has 1 aliphatic heterocycles. The largest absolute Gasteiger partial charge is 0.306 e. The maximum Gasteiger partial charge on any atom is -0.00218 e. The van der Waals surface area contributed by atoms with Gasteiger partial charge in [0.25, 0.3) is 0 Å². The van der Waals surface area contributed by atoms with Crippen LogP contribution in [0.15, 0.2) is 0 Å². The molecule has 0 atom stereocenters. The Balaban J connectivity index is 1.91. The lowest BCUT2D eigenvalue weighted by Gasteiger charge is -2.35. The second kappa shape index (κ2) is 11.5. The van der Waals surface area contributed by atoms with E-state index in [0.717, 1.165) is 5.41 Å². The summed E-state index contributed by atoms with van der Waals surface area (Å²) in [5.41, 5.74) is 0.724. The van der Waals surface area contributed by atoms with E-state index >= 15 is 0 Å². The third kappa shape index (κ3) is 8.05. The Morgan fingerprint density at radius 1 is 0.435 bits per heavy atom. The molecule has 0 unspecified atom stereocenters. The topological polar surface area (TPSA) is 3.24 Å². The first-order valence-electron chi connectivity index (χ1n) is 11.0. The SMILES string of the molecule is CN1CCCCCC2(CCCCCCCCCCC2)CCCC1. The molecule has 1 saturated carbocycles. The lowest BCUT2D eigenvalue weighted by Crippen LogP contribution is -2.22. The highest BCUT2D eigenvalue weighted by Crippen LogP contribution is 2.42. The van der Waals surface area contributed by atoms with Crippen LogP contribution in [-0.2, 0) is 0 Å². The molecule has 1 heterocycles. The third-order valence-corrected chi connectivity index (χ3v) is 6.66. The van der Waals surface area contributed by atoms with Gasteiger partial charge in [-0.05, 0) is 64.1 Å². The minimum Gasteiger partial charge on any atom is -0.306 e. The normalized spacial score (nSPS) is 27.5. The third-order valence-electron chi connectivity index (χ3n) is 6.66. The monoisotopic (exact) mass is 321 g/mol. The van der Waals surface area contributed by atoms with Crippen molar-refractivity contribution in [1.82, 2.24) is 4.90 Å². The van der Waals surface area contributed by atoms with Gasteiger partial charge in [-0.3, -0.25) is 0 Å². The average Bonchev–Trinajstić information content (AvgIpc) is 2.57. The van der Waals surface area contributed by atoms with E-state index in [9.17, 15) is 0 Å². The molecule has 2 fully saturated rings. The van der Waals surface area contributed by atoms with Crippen LogP contribution in [0.3, 0.4) is 0 Å². The van der Waals surface area contributed by atoms with E-state index in [4.69, 9.17) is 0 Å². The molecule has 0 bridgehead atoms. The van der Waals surface area contributed by atoms with Gasteiger partial charge < -0.3 is 4.90 Å². The Morgan fingerprint density at radius 2 is 0.739 bits per heavy atom. The minimum absolute atomic E-state index is 0.724. The van der Waals surface area contributed by atoms with Gasteiger partial charge in [-0.15, -0.1) is 0 Å². The average molecular weight is 322 g/mol. The number of hydrogen-bond donors (Lipinski definition) is 0. The van der Waals surface area contributed by atoms with Gasteiger partial charge in [0.15, 0.2) is 0 Å². The highest BCUT2D eigenvalue weighted by molar-refractivity contribution is 4.81. The van der Waals surface area contributed by atoms with E-state index in [1.165, 1.54) is 116 Å². The van der Waals surface area contributed by atoms with Crippen LogP contribution >= 0.6 is 0 Å². The molecule has 2 rings (SSSR count). The van der Waals surface area contributed by atoms with Crippen molar-refractivity contribution >= 4 is 0 Å². The predicted octanol–water partition coefficient (Wildman–Crippen LogP) is 6.95. The number of rotatable bonds is 0. The molecular weight excluding hydrogens is 278 g/mol. The van der Waals surface area contributed by atoms with Gasteiger partial charge in [-0.2, -0.15) is 0 Å². The van der Waals surface area contributed by atoms with Crippen molar-refractivity contribution in [1.29, 1.82) is 0 Å². The van der Waals surface area contributed by atoms with Crippen molar-refractivity contribution < 1.29 is 0 Å². The van der Waals surface area contributed by atoms with Crippen LogP contribution in [0.5, 0.6) is 0 Å². The zero-order valence-electron chi connectivity index (χ0n) is 16.1. The maximum atomic E-state index is 2.57. The first-order chi connectivity index (χ1) is 11.3. The van der Waals surface area contributed by atoms with Gasteiger partial charge in [-0.1, -0.05) is 77.0 Å². The summed E-state index contributed by atoms with van der Waals surface area (Å²) in [6, 6.07) is 0. The molecule has 136 valence electrons. The highest BCUT2D eigenvalue weighted by Gasteiger charge is 2.28. The predicted molar refractivity (Wildman–Crippen MR) is 103 cm³/mol. The maximum absolute atomic E-state index is 2.57. The molecule has 1 saturated heterocycles. The highest BCUT2D eigenvalue weighted by atomic mass is 15.1. The molecule has 1 heteroatoms. The Hall–Kier alpha value is -0.0400.